The molecule has 12 nitrogen and oxygen atoms in total. The quantitative estimate of drug-likeness (QED) is 0.495. The van der Waals surface area contributed by atoms with Gasteiger partial charge in [0.2, 0.25) is 0 Å². The fraction of sp³-hybridized carbons (Fsp3) is 0.583. The second kappa shape index (κ2) is 7.70. The number of aromatic nitrogens is 4. The van der Waals surface area contributed by atoms with Crippen molar-refractivity contribution < 1.29 is 33.8 Å². The van der Waals surface area contributed by atoms with Gasteiger partial charge in [-0.2, -0.15) is 0 Å². The highest BCUT2D eigenvalue weighted by molar-refractivity contribution is 7.43. The monoisotopic (exact) mass is 378 g/mol. The molecule has 3 heterocycles. The number of nitrogens with zero attached hydrogens (tertiary/aromatic N) is 3. The predicted molar refractivity (Wildman–Crippen MR) is 81.1 cm³/mol. The molecular weight excluding hydrogens is 359 g/mol. The van der Waals surface area contributed by atoms with Crippen molar-refractivity contribution in [2.24, 2.45) is 0 Å². The Kier molecular flexibility index (Phi) is 6.59. The third-order valence-corrected chi connectivity index (χ3v) is 3.84. The zero-order chi connectivity index (χ0) is 16.8. The summed E-state index contributed by atoms with van der Waals surface area (Å²) in [6, 6.07) is 0. The molecule has 1 saturated heterocycles. The molecule has 0 bridgehead atoms. The van der Waals surface area contributed by atoms with Gasteiger partial charge in [-0.25, -0.2) is 9.97 Å². The Morgan fingerprint density at radius 3 is 2.64 bits per heavy atom. The van der Waals surface area contributed by atoms with E-state index < -0.39 is 44.5 Å². The normalized spacial score (nSPS) is 26.2. The molecule has 13 heteroatoms. The van der Waals surface area contributed by atoms with E-state index in [4.69, 9.17) is 4.74 Å². The van der Waals surface area contributed by atoms with Crippen LogP contribution in [-0.2, 0) is 13.8 Å². The van der Waals surface area contributed by atoms with E-state index in [-0.39, 0.29) is 26.0 Å². The van der Waals surface area contributed by atoms with E-state index >= 15 is 0 Å². The molecule has 0 aliphatic carbocycles. The van der Waals surface area contributed by atoms with Crippen LogP contribution in [0.5, 0.6) is 0 Å². The van der Waals surface area contributed by atoms with E-state index in [0.717, 1.165) is 6.33 Å². The average molecular weight is 378 g/mol. The summed E-state index contributed by atoms with van der Waals surface area (Å²) in [4.78, 5) is 42.6. The first kappa shape index (κ1) is 21.4. The maximum absolute atomic E-state index is 11.6. The lowest BCUT2D eigenvalue weighted by atomic mass is 10.1. The summed E-state index contributed by atoms with van der Waals surface area (Å²) in [6.07, 6.45) is -3.11. The first-order chi connectivity index (χ1) is 10.8. The van der Waals surface area contributed by atoms with Crippen molar-refractivity contribution >= 4 is 19.0 Å². The highest BCUT2D eigenvalue weighted by atomic mass is 31.2. The molecule has 2 aromatic heterocycles. The number of rotatable bonds is 4. The summed E-state index contributed by atoms with van der Waals surface area (Å²) < 4.78 is 21.1. The summed E-state index contributed by atoms with van der Waals surface area (Å²) in [5, 5.41) is 19.9. The van der Waals surface area contributed by atoms with E-state index in [1.54, 1.807) is 0 Å². The minimum atomic E-state index is -5.24. The van der Waals surface area contributed by atoms with Gasteiger partial charge in [-0.3, -0.25) is 9.36 Å². The standard InChI is InChI=1S/C10H13N4O8P.2CH4/c15-6-4(1-21-23(18,19)20)22-10(7(6)16)14-3-13-5-8(14)11-2-12-9(5)17;;/h2-4,6-7,10,15-16H,1H2,(H,11,12,17)(H2,18,19,20);2*1H4/p-2/t4-,6?,7+,10-;;/m1../s1. The van der Waals surface area contributed by atoms with Gasteiger partial charge in [0.25, 0.3) is 5.56 Å². The van der Waals surface area contributed by atoms with Crippen LogP contribution in [0.2, 0.25) is 0 Å². The molecule has 0 aromatic carbocycles. The Bertz CT molecular complexity index is 817. The van der Waals surface area contributed by atoms with E-state index in [9.17, 15) is 29.4 Å². The SMILES string of the molecule is C.C.O=c1[nH]cnc2c1ncn2[C@@H]1O[C@H](COP(=O)([O-])[O-])C(O)[C@@H]1O. The van der Waals surface area contributed by atoms with Gasteiger partial charge < -0.3 is 38.8 Å². The van der Waals surface area contributed by atoms with Gasteiger partial charge in [0.15, 0.2) is 17.4 Å². The number of H-pyrrole nitrogens is 1. The lowest BCUT2D eigenvalue weighted by Crippen LogP contribution is -2.34. The van der Waals surface area contributed by atoms with Gasteiger partial charge in [0.05, 0.1) is 27.1 Å². The molecule has 3 rings (SSSR count). The molecule has 3 N–H and O–H groups in total. The number of nitrogens with one attached hydrogen (secondary N) is 1. The molecule has 1 fully saturated rings. The smallest absolute Gasteiger partial charge is 0.278 e. The molecule has 1 aliphatic rings. The van der Waals surface area contributed by atoms with E-state index in [2.05, 4.69) is 19.5 Å². The van der Waals surface area contributed by atoms with Crippen molar-refractivity contribution in [1.29, 1.82) is 0 Å². The third kappa shape index (κ3) is 4.12. The van der Waals surface area contributed by atoms with Gasteiger partial charge in [0.1, 0.15) is 18.3 Å². The number of hydrogen-bond donors (Lipinski definition) is 3. The largest absolute Gasteiger partial charge is 0.790 e. The van der Waals surface area contributed by atoms with Gasteiger partial charge in [-0.05, 0) is 0 Å². The van der Waals surface area contributed by atoms with Gasteiger partial charge in [-0.1, -0.05) is 14.9 Å². The highest BCUT2D eigenvalue weighted by Gasteiger charge is 2.44. The first-order valence-electron chi connectivity index (χ1n) is 6.36. The number of phosphoric acid groups is 1. The summed E-state index contributed by atoms with van der Waals surface area (Å²) in [5.41, 5.74) is -0.397. The van der Waals surface area contributed by atoms with E-state index in [0.29, 0.717) is 0 Å². The molecule has 0 saturated carbocycles. The summed E-state index contributed by atoms with van der Waals surface area (Å²) in [7, 11) is -5.24. The number of ether oxygens (including phenoxy) is 1. The molecule has 1 aliphatic heterocycles. The maximum atomic E-state index is 11.6. The number of aromatic amines is 1. The summed E-state index contributed by atoms with van der Waals surface area (Å²) in [6.45, 7) is -0.750. The lowest BCUT2D eigenvalue weighted by molar-refractivity contribution is -0.343. The van der Waals surface area contributed by atoms with Crippen molar-refractivity contribution in [1.82, 2.24) is 19.5 Å². The van der Waals surface area contributed by atoms with Crippen LogP contribution in [0.25, 0.3) is 11.2 Å². The van der Waals surface area contributed by atoms with E-state index in [1.807, 2.05) is 0 Å². The lowest BCUT2D eigenvalue weighted by Gasteiger charge is -2.30. The molecule has 25 heavy (non-hydrogen) atoms. The maximum Gasteiger partial charge on any atom is 0.278 e. The topological polar surface area (TPSA) is 186 Å². The minimum Gasteiger partial charge on any atom is -0.790 e. The zero-order valence-corrected chi connectivity index (χ0v) is 12.2. The Balaban J connectivity index is 0.00000156. The van der Waals surface area contributed by atoms with Crippen LogP contribution in [0.1, 0.15) is 21.1 Å². The number of imidazole rings is 1. The van der Waals surface area contributed by atoms with Crippen LogP contribution in [0, 0.1) is 0 Å². The molecule has 0 radical (unpaired) electrons. The van der Waals surface area contributed by atoms with Crippen LogP contribution >= 0.6 is 7.82 Å². The fourth-order valence-corrected chi connectivity index (χ4v) is 2.64. The molecular formula is C12H19N4O8P-2. The second-order valence-electron chi connectivity index (χ2n) is 4.84. The van der Waals surface area contributed by atoms with Gasteiger partial charge >= 0.3 is 0 Å². The second-order valence-corrected chi connectivity index (χ2v) is 6.00. The number of hydrogen-bond acceptors (Lipinski definition) is 10. The Morgan fingerprint density at radius 1 is 1.32 bits per heavy atom. The number of phosphoric ester groups is 1. The Hall–Kier alpha value is -1.66. The van der Waals surface area contributed by atoms with E-state index in [1.165, 1.54) is 10.9 Å². The third-order valence-electron chi connectivity index (χ3n) is 3.37. The first-order valence-corrected chi connectivity index (χ1v) is 7.82. The zero-order valence-electron chi connectivity index (χ0n) is 11.3. The number of fused-ring (bicyclic) bond motifs is 1. The van der Waals surface area contributed by atoms with Crippen LogP contribution in [0.3, 0.4) is 0 Å². The summed E-state index contributed by atoms with van der Waals surface area (Å²) in [5.74, 6) is 0. The highest BCUT2D eigenvalue weighted by Crippen LogP contribution is 2.33. The van der Waals surface area contributed by atoms with Crippen molar-refractivity contribution in [3.63, 3.8) is 0 Å². The van der Waals surface area contributed by atoms with Crippen molar-refractivity contribution in [2.45, 2.75) is 39.4 Å². The predicted octanol–water partition coefficient (Wildman–Crippen LogP) is -2.14. The molecule has 2 aromatic rings. The van der Waals surface area contributed by atoms with Crippen molar-refractivity contribution in [3.05, 3.63) is 23.0 Å². The minimum absolute atomic E-state index is 0. The Morgan fingerprint density at radius 2 is 2.00 bits per heavy atom. The average Bonchev–Trinajstić information content (AvgIpc) is 3.01. The molecule has 142 valence electrons. The van der Waals surface area contributed by atoms with Crippen molar-refractivity contribution in [3.8, 4) is 0 Å². The van der Waals surface area contributed by atoms with Crippen LogP contribution in [0.4, 0.5) is 0 Å². The molecule has 1 unspecified atom stereocenters. The van der Waals surface area contributed by atoms with Crippen molar-refractivity contribution in [2.75, 3.05) is 6.61 Å². The fourth-order valence-electron chi connectivity index (χ4n) is 2.31. The molecule has 0 spiro atoms. The molecule has 0 amide bonds. The van der Waals surface area contributed by atoms with Gasteiger partial charge in [0, 0.05) is 0 Å². The Labute approximate surface area is 142 Å². The number of aliphatic hydroxyl groups excluding tert-OH is 2. The summed E-state index contributed by atoms with van der Waals surface area (Å²) >= 11 is 0. The van der Waals surface area contributed by atoms with Crippen LogP contribution in [0.15, 0.2) is 17.4 Å². The van der Waals surface area contributed by atoms with Crippen LogP contribution in [-0.4, -0.2) is 54.7 Å². The number of aliphatic hydroxyl groups is 2. The molecule has 4 atom stereocenters. The van der Waals surface area contributed by atoms with Gasteiger partial charge in [-0.15, -0.1) is 0 Å². The van der Waals surface area contributed by atoms with Crippen LogP contribution < -0.4 is 15.3 Å².